The molecule has 0 aliphatic carbocycles. The largest absolute Gasteiger partial charge is 0.494 e. The number of carboxylic acid groups (broad SMARTS) is 1. The van der Waals surface area contributed by atoms with E-state index in [-0.39, 0.29) is 11.3 Å². The number of ether oxygens (including phenoxy) is 1. The van der Waals surface area contributed by atoms with Gasteiger partial charge in [-0.15, -0.1) is 0 Å². The van der Waals surface area contributed by atoms with Gasteiger partial charge in [-0.2, -0.15) is 0 Å². The molecule has 0 amide bonds. The first-order valence-electron chi connectivity index (χ1n) is 8.39. The third-order valence-corrected chi connectivity index (χ3v) is 3.74. The van der Waals surface area contributed by atoms with Gasteiger partial charge in [0.15, 0.2) is 5.78 Å². The van der Waals surface area contributed by atoms with Crippen LogP contribution in [0.1, 0.15) is 52.5 Å². The molecule has 0 radical (unpaired) electrons. The molecule has 4 nitrogen and oxygen atoms in total. The number of rotatable bonds is 9. The van der Waals surface area contributed by atoms with Crippen molar-refractivity contribution < 1.29 is 19.4 Å². The number of allylic oxidation sites excluding steroid dienone is 1. The van der Waals surface area contributed by atoms with Gasteiger partial charge in [0.2, 0.25) is 0 Å². The highest BCUT2D eigenvalue weighted by atomic mass is 16.5. The summed E-state index contributed by atoms with van der Waals surface area (Å²) < 4.78 is 5.65. The second kappa shape index (κ2) is 9.42. The van der Waals surface area contributed by atoms with Crippen LogP contribution in [0.4, 0.5) is 0 Å². The predicted octanol–water partition coefficient (Wildman–Crippen LogP) is 4.85. The fraction of sp³-hybridized carbons (Fsp3) is 0.238. The number of aromatic carboxylic acids is 1. The summed E-state index contributed by atoms with van der Waals surface area (Å²) in [7, 11) is 0. The minimum Gasteiger partial charge on any atom is -0.494 e. The van der Waals surface area contributed by atoms with Crippen molar-refractivity contribution in [2.45, 2.75) is 26.2 Å². The smallest absolute Gasteiger partial charge is 0.335 e. The van der Waals surface area contributed by atoms with Crippen molar-refractivity contribution in [2.75, 3.05) is 6.61 Å². The second-order valence-electron chi connectivity index (χ2n) is 5.70. The van der Waals surface area contributed by atoms with Gasteiger partial charge in [0, 0.05) is 5.56 Å². The van der Waals surface area contributed by atoms with Crippen LogP contribution in [0.15, 0.2) is 54.6 Å². The van der Waals surface area contributed by atoms with Crippen molar-refractivity contribution in [1.29, 1.82) is 0 Å². The van der Waals surface area contributed by atoms with Crippen molar-refractivity contribution >= 4 is 17.8 Å². The van der Waals surface area contributed by atoms with E-state index < -0.39 is 5.97 Å². The molecule has 0 aliphatic rings. The summed E-state index contributed by atoms with van der Waals surface area (Å²) in [4.78, 5) is 22.9. The van der Waals surface area contributed by atoms with Crippen LogP contribution in [-0.4, -0.2) is 23.5 Å². The van der Waals surface area contributed by atoms with Gasteiger partial charge in [0.1, 0.15) is 5.75 Å². The maximum atomic E-state index is 12.1. The Kier molecular flexibility index (Phi) is 6.96. The van der Waals surface area contributed by atoms with E-state index in [0.717, 1.165) is 24.2 Å². The third-order valence-electron chi connectivity index (χ3n) is 3.74. The molecular formula is C21H22O4. The Morgan fingerprint density at radius 1 is 0.960 bits per heavy atom. The number of unbranched alkanes of at least 4 members (excludes halogenated alkanes) is 2. The van der Waals surface area contributed by atoms with E-state index in [1.807, 2.05) is 24.3 Å². The van der Waals surface area contributed by atoms with Gasteiger partial charge in [0.05, 0.1) is 12.2 Å². The van der Waals surface area contributed by atoms with Crippen LogP contribution in [0.25, 0.3) is 6.08 Å². The molecule has 2 aromatic carbocycles. The number of hydrogen-bond acceptors (Lipinski definition) is 3. The number of carboxylic acids is 1. The molecule has 2 aromatic rings. The van der Waals surface area contributed by atoms with E-state index in [0.29, 0.717) is 12.2 Å². The highest BCUT2D eigenvalue weighted by molar-refractivity contribution is 6.07. The summed E-state index contributed by atoms with van der Waals surface area (Å²) in [5.41, 5.74) is 1.52. The first-order chi connectivity index (χ1) is 12.1. The monoisotopic (exact) mass is 338 g/mol. The van der Waals surface area contributed by atoms with Crippen LogP contribution in [0.5, 0.6) is 5.75 Å². The lowest BCUT2D eigenvalue weighted by Gasteiger charge is -2.05. The number of ketones is 1. The zero-order valence-corrected chi connectivity index (χ0v) is 14.3. The fourth-order valence-electron chi connectivity index (χ4n) is 2.26. The average Bonchev–Trinajstić information content (AvgIpc) is 2.64. The van der Waals surface area contributed by atoms with Crippen molar-refractivity contribution in [3.8, 4) is 5.75 Å². The van der Waals surface area contributed by atoms with Crippen LogP contribution in [-0.2, 0) is 0 Å². The van der Waals surface area contributed by atoms with Gasteiger partial charge in [-0.3, -0.25) is 4.79 Å². The minimum absolute atomic E-state index is 0.162. The molecule has 0 bridgehead atoms. The lowest BCUT2D eigenvalue weighted by molar-refractivity contribution is 0.0696. The molecule has 0 saturated carbocycles. The predicted molar refractivity (Wildman–Crippen MR) is 98.2 cm³/mol. The van der Waals surface area contributed by atoms with Gasteiger partial charge < -0.3 is 9.84 Å². The van der Waals surface area contributed by atoms with Gasteiger partial charge in [-0.1, -0.05) is 50.1 Å². The van der Waals surface area contributed by atoms with Gasteiger partial charge >= 0.3 is 5.97 Å². The molecule has 4 heteroatoms. The zero-order chi connectivity index (χ0) is 18.1. The first kappa shape index (κ1) is 18.5. The Morgan fingerprint density at radius 3 is 2.20 bits per heavy atom. The molecule has 0 atom stereocenters. The van der Waals surface area contributed by atoms with E-state index >= 15 is 0 Å². The van der Waals surface area contributed by atoms with E-state index in [1.54, 1.807) is 6.08 Å². The van der Waals surface area contributed by atoms with E-state index in [9.17, 15) is 9.59 Å². The molecule has 0 aliphatic heterocycles. The van der Waals surface area contributed by atoms with Gasteiger partial charge in [-0.25, -0.2) is 4.79 Å². The van der Waals surface area contributed by atoms with Crippen LogP contribution in [0.3, 0.4) is 0 Å². The van der Waals surface area contributed by atoms with Crippen LogP contribution in [0.2, 0.25) is 0 Å². The number of carbonyl (C=O) groups excluding carboxylic acids is 1. The van der Waals surface area contributed by atoms with E-state index in [4.69, 9.17) is 9.84 Å². The Balaban J connectivity index is 1.92. The summed E-state index contributed by atoms with van der Waals surface area (Å²) in [5, 5.41) is 8.86. The third kappa shape index (κ3) is 5.92. The molecule has 0 saturated heterocycles. The van der Waals surface area contributed by atoms with E-state index in [1.165, 1.54) is 36.8 Å². The van der Waals surface area contributed by atoms with Crippen molar-refractivity contribution in [1.82, 2.24) is 0 Å². The zero-order valence-electron chi connectivity index (χ0n) is 14.3. The second-order valence-corrected chi connectivity index (χ2v) is 5.70. The molecule has 130 valence electrons. The van der Waals surface area contributed by atoms with Gasteiger partial charge in [0.25, 0.3) is 0 Å². The number of hydrogen-bond donors (Lipinski definition) is 1. The lowest BCUT2D eigenvalue weighted by atomic mass is 10.1. The minimum atomic E-state index is -1.01. The Morgan fingerprint density at radius 2 is 1.60 bits per heavy atom. The number of benzene rings is 2. The Hall–Kier alpha value is -2.88. The number of carbonyl (C=O) groups is 2. The molecule has 1 N–H and O–H groups in total. The topological polar surface area (TPSA) is 63.6 Å². The molecular weight excluding hydrogens is 316 g/mol. The molecule has 0 aromatic heterocycles. The molecule has 0 heterocycles. The van der Waals surface area contributed by atoms with Gasteiger partial charge in [-0.05, 0) is 42.3 Å². The quantitative estimate of drug-likeness (QED) is 0.403. The van der Waals surface area contributed by atoms with Crippen LogP contribution in [0, 0.1) is 0 Å². The lowest BCUT2D eigenvalue weighted by Crippen LogP contribution is -1.99. The highest BCUT2D eigenvalue weighted by Gasteiger charge is 2.05. The molecule has 0 spiro atoms. The maximum Gasteiger partial charge on any atom is 0.335 e. The summed E-state index contributed by atoms with van der Waals surface area (Å²) in [6.45, 7) is 2.87. The van der Waals surface area contributed by atoms with Crippen molar-refractivity contribution in [3.05, 3.63) is 71.3 Å². The summed E-state index contributed by atoms with van der Waals surface area (Å²) in [5.74, 6) is -0.354. The normalized spacial score (nSPS) is 10.8. The maximum absolute atomic E-state index is 12.1. The summed E-state index contributed by atoms with van der Waals surface area (Å²) in [6.07, 6.45) is 6.59. The SMILES string of the molecule is CCCCCOc1ccc(/C=C/C(=O)c2ccc(C(=O)O)cc2)cc1. The molecule has 25 heavy (non-hydrogen) atoms. The Labute approximate surface area is 147 Å². The fourth-order valence-corrected chi connectivity index (χ4v) is 2.26. The first-order valence-corrected chi connectivity index (χ1v) is 8.39. The molecule has 2 rings (SSSR count). The van der Waals surface area contributed by atoms with Crippen molar-refractivity contribution in [2.24, 2.45) is 0 Å². The molecule has 0 fully saturated rings. The standard InChI is InChI=1S/C21H22O4/c1-2-3-4-15-25-19-12-5-16(6-13-19)7-14-20(22)17-8-10-18(11-9-17)21(23)24/h5-14H,2-4,15H2,1H3,(H,23,24)/b14-7+. The van der Waals surface area contributed by atoms with Crippen LogP contribution < -0.4 is 4.74 Å². The summed E-state index contributed by atoms with van der Waals surface area (Å²) >= 11 is 0. The molecule has 0 unspecified atom stereocenters. The summed E-state index contributed by atoms with van der Waals surface area (Å²) in [6, 6.07) is 13.4. The van der Waals surface area contributed by atoms with E-state index in [2.05, 4.69) is 6.92 Å². The van der Waals surface area contributed by atoms with Crippen molar-refractivity contribution in [3.63, 3.8) is 0 Å². The van der Waals surface area contributed by atoms with Crippen LogP contribution >= 0.6 is 0 Å². The Bertz CT molecular complexity index is 727. The highest BCUT2D eigenvalue weighted by Crippen LogP contribution is 2.14. The average molecular weight is 338 g/mol.